The van der Waals surface area contributed by atoms with Crippen LogP contribution in [-0.4, -0.2) is 37.7 Å². The van der Waals surface area contributed by atoms with Crippen LogP contribution in [0.4, 0.5) is 0 Å². The van der Waals surface area contributed by atoms with Crippen molar-refractivity contribution in [3.63, 3.8) is 0 Å². The minimum absolute atomic E-state index is 0. The van der Waals surface area contributed by atoms with Gasteiger partial charge in [-0.1, -0.05) is 6.92 Å². The summed E-state index contributed by atoms with van der Waals surface area (Å²) in [6.07, 6.45) is 6.36. The Morgan fingerprint density at radius 1 is 1.42 bits per heavy atom. The number of carbonyl (C=O) groups is 1. The molecule has 0 aromatic heterocycles. The Labute approximate surface area is 122 Å². The van der Waals surface area contributed by atoms with Gasteiger partial charge in [0.2, 0.25) is 5.91 Å². The van der Waals surface area contributed by atoms with E-state index in [2.05, 4.69) is 17.6 Å². The summed E-state index contributed by atoms with van der Waals surface area (Å²) in [5, 5.41) is 6.50. The fraction of sp³-hybridized carbons (Fsp3) is 0.929. The van der Waals surface area contributed by atoms with Gasteiger partial charge in [0.15, 0.2) is 0 Å². The predicted molar refractivity (Wildman–Crippen MR) is 78.7 cm³/mol. The second kappa shape index (κ2) is 8.08. The number of nitrogens with one attached hydrogen (secondary N) is 2. The molecule has 1 unspecified atom stereocenters. The third kappa shape index (κ3) is 4.33. The highest BCUT2D eigenvalue weighted by molar-refractivity contribution is 5.86. The molecule has 1 amide bonds. The van der Waals surface area contributed by atoms with Crippen LogP contribution >= 0.6 is 12.4 Å². The molecule has 19 heavy (non-hydrogen) atoms. The number of carbonyl (C=O) groups excluding carboxylic acids is 1. The third-order valence-corrected chi connectivity index (χ3v) is 4.46. The van der Waals surface area contributed by atoms with Gasteiger partial charge in [0, 0.05) is 19.8 Å². The molecule has 2 fully saturated rings. The Bertz CT molecular complexity index is 275. The molecule has 2 saturated heterocycles. The van der Waals surface area contributed by atoms with Crippen molar-refractivity contribution in [1.29, 1.82) is 0 Å². The average Bonchev–Trinajstić information content (AvgIpc) is 2.90. The van der Waals surface area contributed by atoms with E-state index < -0.39 is 0 Å². The van der Waals surface area contributed by atoms with Crippen molar-refractivity contribution in [2.24, 2.45) is 5.92 Å². The summed E-state index contributed by atoms with van der Waals surface area (Å²) < 4.78 is 5.34. The van der Waals surface area contributed by atoms with Gasteiger partial charge in [-0.15, -0.1) is 12.4 Å². The summed E-state index contributed by atoms with van der Waals surface area (Å²) in [6, 6.07) is 0. The lowest BCUT2D eigenvalue weighted by atomic mass is 9.92. The molecule has 0 bridgehead atoms. The molecule has 0 spiro atoms. The quantitative estimate of drug-likeness (QED) is 0.813. The molecule has 0 aromatic rings. The van der Waals surface area contributed by atoms with E-state index in [-0.39, 0.29) is 23.9 Å². The molecule has 4 nitrogen and oxygen atoms in total. The van der Waals surface area contributed by atoms with E-state index in [1.165, 1.54) is 0 Å². The Morgan fingerprint density at radius 3 is 2.74 bits per heavy atom. The SMILES string of the molecule is CCC1(C(=O)NCCC2CCOCC2)CCCN1.Cl. The number of hydrogen-bond donors (Lipinski definition) is 2. The highest BCUT2D eigenvalue weighted by Gasteiger charge is 2.38. The van der Waals surface area contributed by atoms with Gasteiger partial charge in [-0.05, 0) is 51.0 Å². The highest BCUT2D eigenvalue weighted by atomic mass is 35.5. The zero-order valence-electron chi connectivity index (χ0n) is 11.9. The van der Waals surface area contributed by atoms with Gasteiger partial charge in [0.05, 0.1) is 5.54 Å². The molecule has 0 saturated carbocycles. The number of halogens is 1. The number of hydrogen-bond acceptors (Lipinski definition) is 3. The lowest BCUT2D eigenvalue weighted by Crippen LogP contribution is -2.53. The molecular weight excluding hydrogens is 264 g/mol. The first-order chi connectivity index (χ1) is 8.77. The van der Waals surface area contributed by atoms with E-state index in [1.807, 2.05) is 0 Å². The van der Waals surface area contributed by atoms with Crippen molar-refractivity contribution < 1.29 is 9.53 Å². The monoisotopic (exact) mass is 290 g/mol. The van der Waals surface area contributed by atoms with Gasteiger partial charge in [0.25, 0.3) is 0 Å². The van der Waals surface area contributed by atoms with E-state index in [4.69, 9.17) is 4.74 Å². The summed E-state index contributed by atoms with van der Waals surface area (Å²) in [4.78, 5) is 12.2. The van der Waals surface area contributed by atoms with Gasteiger partial charge in [0.1, 0.15) is 0 Å². The van der Waals surface area contributed by atoms with Gasteiger partial charge < -0.3 is 15.4 Å². The summed E-state index contributed by atoms with van der Waals surface area (Å²) in [5.41, 5.74) is -0.282. The topological polar surface area (TPSA) is 50.4 Å². The number of rotatable bonds is 5. The molecule has 5 heteroatoms. The van der Waals surface area contributed by atoms with Crippen LogP contribution in [0, 0.1) is 5.92 Å². The van der Waals surface area contributed by atoms with Crippen molar-refractivity contribution in [3.8, 4) is 0 Å². The minimum atomic E-state index is -0.282. The molecule has 2 aliphatic heterocycles. The van der Waals surface area contributed by atoms with E-state index in [9.17, 15) is 4.79 Å². The molecule has 0 aliphatic carbocycles. The van der Waals surface area contributed by atoms with Crippen molar-refractivity contribution >= 4 is 18.3 Å². The van der Waals surface area contributed by atoms with Gasteiger partial charge >= 0.3 is 0 Å². The third-order valence-electron chi connectivity index (χ3n) is 4.46. The lowest BCUT2D eigenvalue weighted by Gasteiger charge is -2.27. The normalized spacial score (nSPS) is 27.8. The van der Waals surface area contributed by atoms with Gasteiger partial charge in [-0.3, -0.25) is 4.79 Å². The second-order valence-corrected chi connectivity index (χ2v) is 5.57. The maximum Gasteiger partial charge on any atom is 0.240 e. The molecule has 2 N–H and O–H groups in total. The largest absolute Gasteiger partial charge is 0.381 e. The lowest BCUT2D eigenvalue weighted by molar-refractivity contribution is -0.127. The first kappa shape index (κ1) is 16.7. The summed E-state index contributed by atoms with van der Waals surface area (Å²) >= 11 is 0. The van der Waals surface area contributed by atoms with Crippen molar-refractivity contribution in [3.05, 3.63) is 0 Å². The molecule has 112 valence electrons. The standard InChI is InChI=1S/C14H26N2O2.ClH/c1-2-14(7-3-8-16-14)13(17)15-9-4-12-5-10-18-11-6-12;/h12,16H,2-11H2,1H3,(H,15,17);1H. The molecule has 0 aromatic carbocycles. The van der Waals surface area contributed by atoms with E-state index in [1.54, 1.807) is 0 Å². The van der Waals surface area contributed by atoms with Crippen LogP contribution in [0.1, 0.15) is 45.4 Å². The van der Waals surface area contributed by atoms with Crippen LogP contribution in [0.15, 0.2) is 0 Å². The molecule has 2 heterocycles. The number of amides is 1. The predicted octanol–water partition coefficient (Wildman–Crippen LogP) is 1.87. The highest BCUT2D eigenvalue weighted by Crippen LogP contribution is 2.23. The summed E-state index contributed by atoms with van der Waals surface area (Å²) in [6.45, 7) is 5.66. The van der Waals surface area contributed by atoms with E-state index in [0.717, 1.165) is 70.7 Å². The van der Waals surface area contributed by atoms with Gasteiger partial charge in [-0.2, -0.15) is 0 Å². The van der Waals surface area contributed by atoms with E-state index >= 15 is 0 Å². The maximum absolute atomic E-state index is 12.2. The number of ether oxygens (including phenoxy) is 1. The Morgan fingerprint density at radius 2 is 2.16 bits per heavy atom. The maximum atomic E-state index is 12.2. The van der Waals surface area contributed by atoms with E-state index in [0.29, 0.717) is 0 Å². The molecule has 2 rings (SSSR count). The fourth-order valence-electron chi connectivity index (χ4n) is 3.06. The Balaban J connectivity index is 0.00000180. The van der Waals surface area contributed by atoms with Gasteiger partial charge in [-0.25, -0.2) is 0 Å². The Kier molecular flexibility index (Phi) is 7.11. The first-order valence-corrected chi connectivity index (χ1v) is 7.38. The minimum Gasteiger partial charge on any atom is -0.381 e. The molecule has 1 atom stereocenters. The molecular formula is C14H27ClN2O2. The van der Waals surface area contributed by atoms with Crippen molar-refractivity contribution in [1.82, 2.24) is 10.6 Å². The first-order valence-electron chi connectivity index (χ1n) is 7.38. The smallest absolute Gasteiger partial charge is 0.240 e. The zero-order valence-corrected chi connectivity index (χ0v) is 12.7. The Hall–Kier alpha value is -0.320. The van der Waals surface area contributed by atoms with Crippen molar-refractivity contribution in [2.45, 2.75) is 51.0 Å². The van der Waals surface area contributed by atoms with Crippen LogP contribution in [0.2, 0.25) is 0 Å². The summed E-state index contributed by atoms with van der Waals surface area (Å²) in [7, 11) is 0. The van der Waals surface area contributed by atoms with Crippen LogP contribution in [0.5, 0.6) is 0 Å². The van der Waals surface area contributed by atoms with Crippen LogP contribution in [0.25, 0.3) is 0 Å². The average molecular weight is 291 g/mol. The second-order valence-electron chi connectivity index (χ2n) is 5.57. The van der Waals surface area contributed by atoms with Crippen LogP contribution in [-0.2, 0) is 9.53 Å². The van der Waals surface area contributed by atoms with Crippen molar-refractivity contribution in [2.75, 3.05) is 26.3 Å². The molecule has 2 aliphatic rings. The zero-order chi connectivity index (χ0) is 12.8. The van der Waals surface area contributed by atoms with Crippen LogP contribution in [0.3, 0.4) is 0 Å². The van der Waals surface area contributed by atoms with Crippen LogP contribution < -0.4 is 10.6 Å². The fourth-order valence-corrected chi connectivity index (χ4v) is 3.06. The summed E-state index contributed by atoms with van der Waals surface area (Å²) in [5.74, 6) is 0.933. The molecule has 0 radical (unpaired) electrons.